The zero-order chi connectivity index (χ0) is 35.5. The molecule has 0 radical (unpaired) electrons. The lowest BCUT2D eigenvalue weighted by Crippen LogP contribution is -2.61. The molecule has 0 spiro atoms. The molecule has 5 unspecified atom stereocenters. The van der Waals surface area contributed by atoms with E-state index in [9.17, 15) is 21.0 Å². The highest BCUT2D eigenvalue weighted by Gasteiger charge is 2.52. The van der Waals surface area contributed by atoms with Gasteiger partial charge in [-0.25, -0.2) is 4.79 Å². The first kappa shape index (κ1) is 38.9. The van der Waals surface area contributed by atoms with Gasteiger partial charge in [0.05, 0.1) is 60.4 Å². The first-order valence-electron chi connectivity index (χ1n) is 16.3. The van der Waals surface area contributed by atoms with E-state index in [-0.39, 0.29) is 24.3 Å². The molecular weight excluding hydrogens is 628 g/mol. The number of rotatable bonds is 10. The summed E-state index contributed by atoms with van der Waals surface area (Å²) in [7, 11) is 0. The minimum Gasteiger partial charge on any atom is -0.453 e. The topological polar surface area (TPSA) is 224 Å². The maximum atomic E-state index is 13.4. The summed E-state index contributed by atoms with van der Waals surface area (Å²) in [5, 5.41) is 18.6. The Morgan fingerprint density at radius 1 is 0.792 bits per heavy atom. The van der Waals surface area contributed by atoms with E-state index < -0.39 is 79.1 Å². The Balaban J connectivity index is 0.00000201. The fourth-order valence-electron chi connectivity index (χ4n) is 6.80. The average molecular weight is 675 g/mol. The molecule has 1 aromatic carbocycles. The van der Waals surface area contributed by atoms with E-state index in [4.69, 9.17) is 38.0 Å². The number of carbonyl (C=O) groups is 1. The zero-order valence-electron chi connectivity index (χ0n) is 28.3. The summed E-state index contributed by atoms with van der Waals surface area (Å²) in [6, 6.07) is 7.37. The van der Waals surface area contributed by atoms with E-state index in [1.807, 2.05) is 47.6 Å². The summed E-state index contributed by atoms with van der Waals surface area (Å²) < 4.78 is 38.0. The van der Waals surface area contributed by atoms with Crippen molar-refractivity contribution >= 4 is 12.1 Å². The van der Waals surface area contributed by atoms with E-state index >= 15 is 0 Å². The highest BCUT2D eigenvalue weighted by atomic mass is 16.7. The molecule has 3 fully saturated rings. The number of hydrogen-bond acceptors (Lipinski definition) is 12. The molecule has 0 aliphatic carbocycles. The van der Waals surface area contributed by atoms with Gasteiger partial charge in [0.2, 0.25) is 0 Å². The van der Waals surface area contributed by atoms with Gasteiger partial charge in [-0.3, -0.25) is 0 Å². The molecule has 16 nitrogen and oxygen atoms in total. The highest BCUT2D eigenvalue weighted by molar-refractivity contribution is 5.89. The lowest BCUT2D eigenvalue weighted by atomic mass is 9.85. The van der Waals surface area contributed by atoms with Crippen molar-refractivity contribution in [2.75, 3.05) is 0 Å². The number of azide groups is 2. The van der Waals surface area contributed by atoms with Crippen LogP contribution in [0.4, 0.5) is 0 Å². The molecule has 1 aromatic rings. The molecular formula is C32H46N6O10. The van der Waals surface area contributed by atoms with Crippen molar-refractivity contribution in [2.24, 2.45) is 28.0 Å². The Kier molecular flexibility index (Phi) is 14.8. The second-order valence-corrected chi connectivity index (χ2v) is 12.4. The van der Waals surface area contributed by atoms with Gasteiger partial charge in [-0.15, -0.1) is 0 Å². The molecule has 3 aliphatic heterocycles. The van der Waals surface area contributed by atoms with Gasteiger partial charge in [0.15, 0.2) is 18.7 Å². The van der Waals surface area contributed by atoms with Crippen LogP contribution in [0, 0.1) is 17.8 Å². The summed E-state index contributed by atoms with van der Waals surface area (Å²) in [5.41, 5.74) is 18.8. The molecule has 3 heterocycles. The van der Waals surface area contributed by atoms with Crippen molar-refractivity contribution in [3.63, 3.8) is 0 Å². The fraction of sp³-hybridized carbons (Fsp3) is 0.750. The van der Waals surface area contributed by atoms with Gasteiger partial charge in [0, 0.05) is 15.7 Å². The van der Waals surface area contributed by atoms with Crippen LogP contribution >= 0.6 is 0 Å². The average Bonchev–Trinajstić information content (AvgIpc) is 3.07. The largest absolute Gasteiger partial charge is 0.453 e. The van der Waals surface area contributed by atoms with E-state index in [1.165, 1.54) is 0 Å². The standard InChI is InChI=1S/C31H46N6O8.CO2/c1-8-21-25(38)15(3)24(35-37-33)30(42-21)44-26-17(5)28(43-29(39)20-13-11-10-12-14-20)31(41-19(26)7)45-27-16(4)23(34-36-32)18(6)40-22(27)9-2;2-1-3/h10-19,21-28,30-31,38H,8-9H2,1-7H3;/t15-,16-,17+,18-,19?,21?,22+,23?,24?,25+,26+,27+,28?,30-,31-;/m1./s1. The minimum atomic E-state index is -1.00. The molecule has 3 aliphatic rings. The first-order chi connectivity index (χ1) is 23.0. The van der Waals surface area contributed by atoms with Crippen molar-refractivity contribution in [1.82, 2.24) is 0 Å². The maximum absolute atomic E-state index is 13.4. The van der Waals surface area contributed by atoms with Crippen LogP contribution in [0.2, 0.25) is 0 Å². The van der Waals surface area contributed by atoms with Crippen molar-refractivity contribution in [1.29, 1.82) is 0 Å². The third-order valence-electron chi connectivity index (χ3n) is 9.47. The number of nitrogens with zero attached hydrogens (tertiary/aromatic N) is 6. The molecule has 0 bridgehead atoms. The third kappa shape index (κ3) is 8.91. The quantitative estimate of drug-likeness (QED) is 0.149. The van der Waals surface area contributed by atoms with Crippen LogP contribution in [0.1, 0.15) is 71.7 Å². The van der Waals surface area contributed by atoms with E-state index in [0.29, 0.717) is 18.4 Å². The molecule has 48 heavy (non-hydrogen) atoms. The molecule has 0 aromatic heterocycles. The maximum Gasteiger partial charge on any atom is 0.373 e. The van der Waals surface area contributed by atoms with Gasteiger partial charge in [-0.1, -0.05) is 63.0 Å². The second kappa shape index (κ2) is 18.3. The smallest absolute Gasteiger partial charge is 0.373 e. The van der Waals surface area contributed by atoms with Gasteiger partial charge in [-0.2, -0.15) is 9.59 Å². The van der Waals surface area contributed by atoms with Gasteiger partial charge in [0.25, 0.3) is 0 Å². The number of aliphatic hydroxyl groups is 1. The Morgan fingerprint density at radius 2 is 1.38 bits per heavy atom. The van der Waals surface area contributed by atoms with Crippen LogP contribution < -0.4 is 0 Å². The van der Waals surface area contributed by atoms with Crippen molar-refractivity contribution in [3.05, 3.63) is 56.8 Å². The molecule has 264 valence electrons. The van der Waals surface area contributed by atoms with Crippen molar-refractivity contribution < 1.29 is 47.9 Å². The molecule has 3 saturated heterocycles. The number of esters is 1. The molecule has 15 atom stereocenters. The Morgan fingerprint density at radius 3 is 1.96 bits per heavy atom. The lowest BCUT2D eigenvalue weighted by Gasteiger charge is -2.50. The molecule has 1 N–H and O–H groups in total. The second-order valence-electron chi connectivity index (χ2n) is 12.4. The Labute approximate surface area is 279 Å². The Hall–Kier alpha value is -3.55. The minimum absolute atomic E-state index is 0.220. The fourth-order valence-corrected chi connectivity index (χ4v) is 6.80. The number of hydrogen-bond donors (Lipinski definition) is 1. The number of aliphatic hydroxyl groups excluding tert-OH is 1. The van der Waals surface area contributed by atoms with E-state index in [0.717, 1.165) is 0 Å². The third-order valence-corrected chi connectivity index (χ3v) is 9.47. The van der Waals surface area contributed by atoms with Crippen LogP contribution in [-0.2, 0) is 38.0 Å². The van der Waals surface area contributed by atoms with Gasteiger partial charge in [-0.05, 0) is 61.7 Å². The molecule has 0 saturated carbocycles. The van der Waals surface area contributed by atoms with Crippen molar-refractivity contribution in [2.45, 2.75) is 135 Å². The SMILES string of the molecule is CCC1O[C@H](O[C@@H]2C(C)O[C@H](O[C@@H]3[C@H](CC)O[C@H](C)C(N=[N+]=[N-])[C@H]3C)C(OC(=O)c3ccccc3)[C@H]2C)C(N=[N+]=[N-])[C@@H](C)[C@@H]1O.O=C=O. The number of ether oxygens (including phenoxy) is 6. The van der Waals surface area contributed by atoms with Gasteiger partial charge >= 0.3 is 12.1 Å². The van der Waals surface area contributed by atoms with Crippen LogP contribution in [0.5, 0.6) is 0 Å². The molecule has 4 rings (SSSR count). The number of carbonyl (C=O) groups excluding carboxylic acids is 3. The molecule has 16 heteroatoms. The van der Waals surface area contributed by atoms with Gasteiger partial charge in [0.1, 0.15) is 0 Å². The van der Waals surface area contributed by atoms with Crippen LogP contribution in [0.3, 0.4) is 0 Å². The summed E-state index contributed by atoms with van der Waals surface area (Å²) in [6.07, 6.45) is -5.19. The zero-order valence-corrected chi connectivity index (χ0v) is 28.3. The summed E-state index contributed by atoms with van der Waals surface area (Å²) >= 11 is 0. The van der Waals surface area contributed by atoms with E-state index in [2.05, 4.69) is 20.1 Å². The van der Waals surface area contributed by atoms with Gasteiger partial charge < -0.3 is 33.5 Å². The monoisotopic (exact) mass is 674 g/mol. The van der Waals surface area contributed by atoms with Crippen LogP contribution in [-0.4, -0.2) is 90.7 Å². The number of benzene rings is 1. The van der Waals surface area contributed by atoms with Crippen molar-refractivity contribution in [3.8, 4) is 0 Å². The Bertz CT molecular complexity index is 1320. The normalized spacial score (nSPS) is 39.3. The predicted molar refractivity (Wildman–Crippen MR) is 168 cm³/mol. The highest BCUT2D eigenvalue weighted by Crippen LogP contribution is 2.39. The predicted octanol–water partition coefficient (Wildman–Crippen LogP) is 5.10. The lowest BCUT2D eigenvalue weighted by molar-refractivity contribution is -0.341. The summed E-state index contributed by atoms with van der Waals surface area (Å²) in [5.74, 6) is -1.67. The summed E-state index contributed by atoms with van der Waals surface area (Å²) in [4.78, 5) is 35.6. The summed E-state index contributed by atoms with van der Waals surface area (Å²) in [6.45, 7) is 13.2. The van der Waals surface area contributed by atoms with Crippen LogP contribution in [0.25, 0.3) is 20.9 Å². The first-order valence-corrected chi connectivity index (χ1v) is 16.3. The van der Waals surface area contributed by atoms with Crippen LogP contribution in [0.15, 0.2) is 40.6 Å². The van der Waals surface area contributed by atoms with E-state index in [1.54, 1.807) is 31.2 Å². The molecule has 0 amide bonds.